The number of nitrogens with zero attached hydrogens (tertiary/aromatic N) is 2. The average Bonchev–Trinajstić information content (AvgIpc) is 2.08. The molecule has 0 spiro atoms. The van der Waals surface area contributed by atoms with Crippen LogP contribution in [-0.4, -0.2) is 10.1 Å². The predicted molar refractivity (Wildman–Crippen MR) is 44.3 cm³/mol. The lowest BCUT2D eigenvalue weighted by atomic mass is 10.1. The number of nitriles is 1. The first-order valence-electron chi connectivity index (χ1n) is 3.67. The fraction of sp³-hybridized carbons (Fsp3) is 0.333. The highest BCUT2D eigenvalue weighted by atomic mass is 16.3. The number of pyridine rings is 1. The highest BCUT2D eigenvalue weighted by Crippen LogP contribution is 2.12. The van der Waals surface area contributed by atoms with Crippen molar-refractivity contribution in [3.8, 4) is 6.07 Å². The Morgan fingerprint density at radius 1 is 1.58 bits per heavy atom. The molecule has 0 saturated heterocycles. The van der Waals surface area contributed by atoms with E-state index in [-0.39, 0.29) is 6.61 Å². The van der Waals surface area contributed by atoms with Crippen LogP contribution in [0.25, 0.3) is 0 Å². The number of aliphatic hydroxyl groups is 1. The second kappa shape index (κ2) is 3.33. The molecule has 0 atom stereocenters. The molecule has 0 aliphatic heterocycles. The van der Waals surface area contributed by atoms with E-state index in [1.54, 1.807) is 19.9 Å². The standard InChI is InChI=1S/C9H10N2O/c1-6-3-8(5-12)7(2)9(4-10)11-6/h3,12H,5H2,1-2H3. The van der Waals surface area contributed by atoms with E-state index in [1.165, 1.54) is 0 Å². The molecule has 3 nitrogen and oxygen atoms in total. The third-order valence-electron chi connectivity index (χ3n) is 1.78. The van der Waals surface area contributed by atoms with Gasteiger partial charge in [0.25, 0.3) is 0 Å². The fourth-order valence-electron chi connectivity index (χ4n) is 1.08. The molecule has 0 radical (unpaired) electrons. The molecule has 3 heteroatoms. The molecule has 0 amide bonds. The van der Waals surface area contributed by atoms with Gasteiger partial charge in [0.1, 0.15) is 11.8 Å². The molecule has 0 unspecified atom stereocenters. The van der Waals surface area contributed by atoms with Gasteiger partial charge in [-0.2, -0.15) is 5.26 Å². The van der Waals surface area contributed by atoms with E-state index in [4.69, 9.17) is 10.4 Å². The summed E-state index contributed by atoms with van der Waals surface area (Å²) in [4.78, 5) is 4.03. The highest BCUT2D eigenvalue weighted by Gasteiger charge is 2.04. The molecule has 0 saturated carbocycles. The maximum absolute atomic E-state index is 8.93. The van der Waals surface area contributed by atoms with E-state index in [0.29, 0.717) is 5.69 Å². The Morgan fingerprint density at radius 2 is 2.25 bits per heavy atom. The number of hydrogen-bond donors (Lipinski definition) is 1. The molecule has 0 aliphatic rings. The number of rotatable bonds is 1. The van der Waals surface area contributed by atoms with Crippen molar-refractivity contribution in [2.24, 2.45) is 0 Å². The van der Waals surface area contributed by atoms with Crippen LogP contribution in [0.15, 0.2) is 6.07 Å². The Morgan fingerprint density at radius 3 is 2.75 bits per heavy atom. The lowest BCUT2D eigenvalue weighted by Crippen LogP contribution is -1.97. The van der Waals surface area contributed by atoms with Gasteiger partial charge in [-0.25, -0.2) is 4.98 Å². The smallest absolute Gasteiger partial charge is 0.144 e. The van der Waals surface area contributed by atoms with Crippen molar-refractivity contribution < 1.29 is 5.11 Å². The lowest BCUT2D eigenvalue weighted by Gasteiger charge is -2.04. The van der Waals surface area contributed by atoms with Gasteiger partial charge in [0.15, 0.2) is 0 Å². The third-order valence-corrected chi connectivity index (χ3v) is 1.78. The van der Waals surface area contributed by atoms with Crippen LogP contribution in [0.4, 0.5) is 0 Å². The van der Waals surface area contributed by atoms with Gasteiger partial charge in [-0.15, -0.1) is 0 Å². The molecule has 1 rings (SSSR count). The van der Waals surface area contributed by atoms with Gasteiger partial charge in [0, 0.05) is 5.69 Å². The van der Waals surface area contributed by atoms with Crippen LogP contribution < -0.4 is 0 Å². The van der Waals surface area contributed by atoms with Crippen LogP contribution in [-0.2, 0) is 6.61 Å². The molecule has 0 fully saturated rings. The molecule has 1 heterocycles. The van der Waals surface area contributed by atoms with Crippen LogP contribution >= 0.6 is 0 Å². The molecule has 1 aromatic heterocycles. The van der Waals surface area contributed by atoms with E-state index in [2.05, 4.69) is 4.98 Å². The second-order valence-electron chi connectivity index (χ2n) is 2.67. The van der Waals surface area contributed by atoms with E-state index in [1.807, 2.05) is 6.07 Å². The zero-order valence-electron chi connectivity index (χ0n) is 7.13. The Labute approximate surface area is 71.3 Å². The Kier molecular flexibility index (Phi) is 2.41. The van der Waals surface area contributed by atoms with Gasteiger partial charge < -0.3 is 5.11 Å². The average molecular weight is 162 g/mol. The van der Waals surface area contributed by atoms with Gasteiger partial charge in [-0.1, -0.05) is 0 Å². The Bertz CT molecular complexity index is 339. The highest BCUT2D eigenvalue weighted by molar-refractivity contribution is 5.37. The molecule has 12 heavy (non-hydrogen) atoms. The van der Waals surface area contributed by atoms with Gasteiger partial charge >= 0.3 is 0 Å². The van der Waals surface area contributed by atoms with E-state index < -0.39 is 0 Å². The Hall–Kier alpha value is -1.40. The van der Waals surface area contributed by atoms with Crippen molar-refractivity contribution in [3.63, 3.8) is 0 Å². The Balaban J connectivity index is 3.34. The molecule has 0 aliphatic carbocycles. The van der Waals surface area contributed by atoms with E-state index in [9.17, 15) is 0 Å². The van der Waals surface area contributed by atoms with Crippen LogP contribution in [0, 0.1) is 25.2 Å². The van der Waals surface area contributed by atoms with Crippen LogP contribution in [0.2, 0.25) is 0 Å². The van der Waals surface area contributed by atoms with Crippen LogP contribution in [0.1, 0.15) is 22.5 Å². The summed E-state index contributed by atoms with van der Waals surface area (Å²) in [5, 5.41) is 17.6. The number of aryl methyl sites for hydroxylation is 1. The van der Waals surface area contributed by atoms with Crippen molar-refractivity contribution in [2.75, 3.05) is 0 Å². The van der Waals surface area contributed by atoms with Crippen molar-refractivity contribution in [1.29, 1.82) is 5.26 Å². The quantitative estimate of drug-likeness (QED) is 0.671. The predicted octanol–water partition coefficient (Wildman–Crippen LogP) is 1.06. The molecular formula is C9H10N2O. The number of aliphatic hydroxyl groups excluding tert-OH is 1. The van der Waals surface area contributed by atoms with Crippen LogP contribution in [0.3, 0.4) is 0 Å². The lowest BCUT2D eigenvalue weighted by molar-refractivity contribution is 0.280. The first-order valence-corrected chi connectivity index (χ1v) is 3.67. The molecular weight excluding hydrogens is 152 g/mol. The minimum Gasteiger partial charge on any atom is -0.392 e. The van der Waals surface area contributed by atoms with Gasteiger partial charge in [-0.05, 0) is 31.0 Å². The monoisotopic (exact) mass is 162 g/mol. The minimum absolute atomic E-state index is 0.0378. The molecule has 0 bridgehead atoms. The largest absolute Gasteiger partial charge is 0.392 e. The molecule has 62 valence electrons. The molecule has 1 aromatic rings. The van der Waals surface area contributed by atoms with Crippen molar-refractivity contribution in [1.82, 2.24) is 4.98 Å². The van der Waals surface area contributed by atoms with E-state index >= 15 is 0 Å². The zero-order valence-corrected chi connectivity index (χ0v) is 7.13. The first kappa shape index (κ1) is 8.69. The maximum Gasteiger partial charge on any atom is 0.144 e. The summed E-state index contributed by atoms with van der Waals surface area (Å²) >= 11 is 0. The third kappa shape index (κ3) is 1.44. The summed E-state index contributed by atoms with van der Waals surface area (Å²) in [5.74, 6) is 0. The second-order valence-corrected chi connectivity index (χ2v) is 2.67. The number of hydrogen-bond acceptors (Lipinski definition) is 3. The topological polar surface area (TPSA) is 56.9 Å². The fourth-order valence-corrected chi connectivity index (χ4v) is 1.08. The molecule has 0 aromatic carbocycles. The van der Waals surface area contributed by atoms with Crippen molar-refractivity contribution >= 4 is 0 Å². The van der Waals surface area contributed by atoms with Crippen molar-refractivity contribution in [2.45, 2.75) is 20.5 Å². The first-order chi connectivity index (χ1) is 5.69. The SMILES string of the molecule is Cc1cc(CO)c(C)c(C#N)n1. The van der Waals surface area contributed by atoms with Gasteiger partial charge in [0.05, 0.1) is 6.61 Å². The molecule has 1 N–H and O–H groups in total. The van der Waals surface area contributed by atoms with Gasteiger partial charge in [-0.3, -0.25) is 0 Å². The zero-order chi connectivity index (χ0) is 9.14. The summed E-state index contributed by atoms with van der Waals surface area (Å²) in [6.07, 6.45) is 0. The number of aromatic nitrogens is 1. The summed E-state index contributed by atoms with van der Waals surface area (Å²) in [6, 6.07) is 3.78. The van der Waals surface area contributed by atoms with Crippen LogP contribution in [0.5, 0.6) is 0 Å². The summed E-state index contributed by atoms with van der Waals surface area (Å²) in [5.41, 5.74) is 2.71. The van der Waals surface area contributed by atoms with Crippen molar-refractivity contribution in [3.05, 3.63) is 28.6 Å². The maximum atomic E-state index is 8.93. The minimum atomic E-state index is -0.0378. The summed E-state index contributed by atoms with van der Waals surface area (Å²) < 4.78 is 0. The summed E-state index contributed by atoms with van der Waals surface area (Å²) in [6.45, 7) is 3.56. The van der Waals surface area contributed by atoms with E-state index in [0.717, 1.165) is 16.8 Å². The summed E-state index contributed by atoms with van der Waals surface area (Å²) in [7, 11) is 0. The normalized spacial score (nSPS) is 9.50. The van der Waals surface area contributed by atoms with Gasteiger partial charge in [0.2, 0.25) is 0 Å².